The first-order chi connectivity index (χ1) is 8.49. The second-order valence-electron chi connectivity index (χ2n) is 4.36. The zero-order chi connectivity index (χ0) is 13.3. The van der Waals surface area contributed by atoms with Gasteiger partial charge in [0.05, 0.1) is 5.92 Å². The average molecular weight is 328 g/mol. The summed E-state index contributed by atoms with van der Waals surface area (Å²) >= 11 is 8.46. The van der Waals surface area contributed by atoms with Gasteiger partial charge in [-0.2, -0.15) is 0 Å². The topological polar surface area (TPSA) is 72.4 Å². The molecule has 0 radical (unpaired) electrons. The van der Waals surface area contributed by atoms with Crippen molar-refractivity contribution in [3.63, 3.8) is 0 Å². The summed E-state index contributed by atoms with van der Waals surface area (Å²) in [5, 5.41) is 0. The van der Waals surface area contributed by atoms with Crippen molar-refractivity contribution in [2.75, 3.05) is 18.0 Å². The summed E-state index contributed by atoms with van der Waals surface area (Å²) in [6, 6.07) is 5.80. The van der Waals surface area contributed by atoms with Gasteiger partial charge in [0.1, 0.15) is 4.99 Å². The largest absolute Gasteiger partial charge is 0.389 e. The fraction of sp³-hybridized carbons (Fsp3) is 0.333. The SMILES string of the molecule is NC(=O)C1CCN(c2ccc(Br)cc2C(N)=S)C1. The van der Waals surface area contributed by atoms with Crippen molar-refractivity contribution < 1.29 is 4.79 Å². The van der Waals surface area contributed by atoms with Gasteiger partial charge in [-0.15, -0.1) is 0 Å². The molecule has 1 aliphatic heterocycles. The molecule has 1 aliphatic rings. The van der Waals surface area contributed by atoms with E-state index < -0.39 is 0 Å². The summed E-state index contributed by atoms with van der Waals surface area (Å²) in [7, 11) is 0. The van der Waals surface area contributed by atoms with Gasteiger partial charge in [0.15, 0.2) is 0 Å². The van der Waals surface area contributed by atoms with Crippen LogP contribution in [-0.2, 0) is 4.79 Å². The first-order valence-corrected chi connectivity index (χ1v) is 6.83. The Morgan fingerprint density at radius 2 is 2.17 bits per heavy atom. The van der Waals surface area contributed by atoms with Crippen LogP contribution in [-0.4, -0.2) is 24.0 Å². The van der Waals surface area contributed by atoms with Crippen molar-refractivity contribution in [1.82, 2.24) is 0 Å². The Morgan fingerprint density at radius 1 is 1.44 bits per heavy atom. The van der Waals surface area contributed by atoms with Gasteiger partial charge < -0.3 is 16.4 Å². The molecule has 1 atom stereocenters. The van der Waals surface area contributed by atoms with E-state index in [2.05, 4.69) is 20.8 Å². The lowest BCUT2D eigenvalue weighted by Crippen LogP contribution is -2.28. The average Bonchev–Trinajstić information content (AvgIpc) is 2.78. The van der Waals surface area contributed by atoms with E-state index in [4.69, 9.17) is 23.7 Å². The van der Waals surface area contributed by atoms with Gasteiger partial charge in [-0.3, -0.25) is 4.79 Å². The maximum Gasteiger partial charge on any atom is 0.222 e. The van der Waals surface area contributed by atoms with Crippen molar-refractivity contribution in [2.24, 2.45) is 17.4 Å². The number of hydrogen-bond donors (Lipinski definition) is 2. The number of carbonyl (C=O) groups is 1. The number of halogens is 1. The van der Waals surface area contributed by atoms with Gasteiger partial charge in [0.2, 0.25) is 5.91 Å². The minimum absolute atomic E-state index is 0.0900. The predicted octanol–water partition coefficient (Wildman–Crippen LogP) is 1.39. The van der Waals surface area contributed by atoms with E-state index in [0.29, 0.717) is 11.5 Å². The Labute approximate surface area is 119 Å². The summed E-state index contributed by atoms with van der Waals surface area (Å²) in [5.74, 6) is -0.334. The summed E-state index contributed by atoms with van der Waals surface area (Å²) < 4.78 is 0.930. The first-order valence-electron chi connectivity index (χ1n) is 5.62. The highest BCUT2D eigenvalue weighted by Crippen LogP contribution is 2.29. The van der Waals surface area contributed by atoms with E-state index in [1.165, 1.54) is 0 Å². The summed E-state index contributed by atoms with van der Waals surface area (Å²) in [6.45, 7) is 1.43. The standard InChI is InChI=1S/C12H14BrN3OS/c13-8-1-2-10(9(5-8)12(15)18)16-4-3-7(6-16)11(14)17/h1-2,5,7H,3-4,6H2,(H2,14,17)(H2,15,18). The number of nitrogens with two attached hydrogens (primary N) is 2. The lowest BCUT2D eigenvalue weighted by Gasteiger charge is -2.21. The maximum absolute atomic E-state index is 11.2. The molecule has 4 N–H and O–H groups in total. The molecule has 96 valence electrons. The zero-order valence-electron chi connectivity index (χ0n) is 9.73. The van der Waals surface area contributed by atoms with Gasteiger partial charge in [-0.25, -0.2) is 0 Å². The van der Waals surface area contributed by atoms with Gasteiger partial charge in [-0.05, 0) is 24.6 Å². The summed E-state index contributed by atoms with van der Waals surface area (Å²) in [4.78, 5) is 13.7. The van der Waals surface area contributed by atoms with E-state index in [-0.39, 0.29) is 11.8 Å². The molecule has 1 fully saturated rings. The zero-order valence-corrected chi connectivity index (χ0v) is 12.1. The van der Waals surface area contributed by atoms with E-state index in [9.17, 15) is 4.79 Å². The third kappa shape index (κ3) is 2.64. The minimum Gasteiger partial charge on any atom is -0.389 e. The normalized spacial score (nSPS) is 18.9. The van der Waals surface area contributed by atoms with Crippen LogP contribution in [0.4, 0.5) is 5.69 Å². The number of amides is 1. The van der Waals surface area contributed by atoms with Crippen LogP contribution in [0.5, 0.6) is 0 Å². The Morgan fingerprint density at radius 3 is 2.72 bits per heavy atom. The molecule has 0 aliphatic carbocycles. The van der Waals surface area contributed by atoms with Crippen LogP contribution in [0, 0.1) is 5.92 Å². The molecule has 1 heterocycles. The molecule has 18 heavy (non-hydrogen) atoms. The Kier molecular flexibility index (Phi) is 3.87. The van der Waals surface area contributed by atoms with Crippen molar-refractivity contribution in [1.29, 1.82) is 0 Å². The van der Waals surface area contributed by atoms with Crippen LogP contribution in [0.1, 0.15) is 12.0 Å². The number of benzene rings is 1. The molecule has 1 saturated heterocycles. The highest BCUT2D eigenvalue weighted by atomic mass is 79.9. The van der Waals surface area contributed by atoms with Crippen molar-refractivity contribution in [3.05, 3.63) is 28.2 Å². The monoisotopic (exact) mass is 327 g/mol. The number of nitrogens with zero attached hydrogens (tertiary/aromatic N) is 1. The number of anilines is 1. The fourth-order valence-corrected chi connectivity index (χ4v) is 2.72. The highest BCUT2D eigenvalue weighted by molar-refractivity contribution is 9.10. The fourth-order valence-electron chi connectivity index (χ4n) is 2.19. The molecule has 1 aromatic carbocycles. The molecule has 0 bridgehead atoms. The quantitative estimate of drug-likeness (QED) is 0.823. The first kappa shape index (κ1) is 13.3. The minimum atomic E-state index is -0.244. The molecule has 0 spiro atoms. The number of thiocarbonyl (C=S) groups is 1. The second-order valence-corrected chi connectivity index (χ2v) is 5.72. The third-order valence-electron chi connectivity index (χ3n) is 3.16. The van der Waals surface area contributed by atoms with E-state index >= 15 is 0 Å². The molecule has 1 aromatic rings. The van der Waals surface area contributed by atoms with E-state index in [1.54, 1.807) is 0 Å². The van der Waals surface area contributed by atoms with Crippen molar-refractivity contribution >= 4 is 44.7 Å². The van der Waals surface area contributed by atoms with Crippen LogP contribution in [0.3, 0.4) is 0 Å². The van der Waals surface area contributed by atoms with Gasteiger partial charge in [-0.1, -0.05) is 28.1 Å². The smallest absolute Gasteiger partial charge is 0.222 e. The molecule has 0 saturated carbocycles. The Bertz CT molecular complexity index is 506. The molecule has 6 heteroatoms. The predicted molar refractivity (Wildman–Crippen MR) is 79.5 cm³/mol. The van der Waals surface area contributed by atoms with Crippen molar-refractivity contribution in [3.8, 4) is 0 Å². The second kappa shape index (κ2) is 5.24. The Hall–Kier alpha value is -1.14. The third-order valence-corrected chi connectivity index (χ3v) is 3.87. The molecule has 4 nitrogen and oxygen atoms in total. The van der Waals surface area contributed by atoms with Gasteiger partial charge >= 0.3 is 0 Å². The molecule has 2 rings (SSSR count). The summed E-state index contributed by atoms with van der Waals surface area (Å²) in [6.07, 6.45) is 0.780. The molecule has 0 aromatic heterocycles. The van der Waals surface area contributed by atoms with E-state index in [1.807, 2.05) is 18.2 Å². The number of primary amides is 1. The lowest BCUT2D eigenvalue weighted by molar-refractivity contribution is -0.121. The highest BCUT2D eigenvalue weighted by Gasteiger charge is 2.28. The summed E-state index contributed by atoms with van der Waals surface area (Å²) in [5.41, 5.74) is 12.9. The maximum atomic E-state index is 11.2. The van der Waals surface area contributed by atoms with Gasteiger partial charge in [0.25, 0.3) is 0 Å². The molecule has 1 unspecified atom stereocenters. The van der Waals surface area contributed by atoms with E-state index in [0.717, 1.165) is 28.7 Å². The molecule has 1 amide bonds. The lowest BCUT2D eigenvalue weighted by atomic mass is 10.1. The molecular formula is C12H14BrN3OS. The van der Waals surface area contributed by atoms with Crippen molar-refractivity contribution in [2.45, 2.75) is 6.42 Å². The van der Waals surface area contributed by atoms with Crippen LogP contribution < -0.4 is 16.4 Å². The van der Waals surface area contributed by atoms with Crippen LogP contribution in [0.15, 0.2) is 22.7 Å². The number of rotatable bonds is 3. The molecular weight excluding hydrogens is 314 g/mol. The van der Waals surface area contributed by atoms with Gasteiger partial charge in [0, 0.05) is 28.8 Å². The van der Waals surface area contributed by atoms with Crippen LogP contribution in [0.25, 0.3) is 0 Å². The Balaban J connectivity index is 2.29. The van der Waals surface area contributed by atoms with Crippen LogP contribution >= 0.6 is 28.1 Å². The number of carbonyl (C=O) groups excluding carboxylic acids is 1. The number of hydrogen-bond acceptors (Lipinski definition) is 3. The van der Waals surface area contributed by atoms with Crippen LogP contribution in [0.2, 0.25) is 0 Å².